The lowest BCUT2D eigenvalue weighted by Gasteiger charge is -2.25. The van der Waals surface area contributed by atoms with Crippen molar-refractivity contribution < 1.29 is 0 Å². The number of benzene rings is 4. The number of fused-ring (bicyclic) bond motifs is 1. The molecule has 6 rings (SSSR count). The van der Waals surface area contributed by atoms with Gasteiger partial charge >= 0.3 is 0 Å². The van der Waals surface area contributed by atoms with Gasteiger partial charge in [0.05, 0.1) is 11.8 Å². The van der Waals surface area contributed by atoms with E-state index in [9.17, 15) is 0 Å². The summed E-state index contributed by atoms with van der Waals surface area (Å²) < 4.78 is 1.09. The van der Waals surface area contributed by atoms with Gasteiger partial charge in [-0.2, -0.15) is 5.10 Å². The molecule has 0 saturated carbocycles. The molecule has 2 aliphatic rings. The standard InChI is InChI=1S/C30H23BrClN3/c31-23-12-10-20(11-13-23)19-6-8-21(9-7-19)28-17-29(35-34-28)26-18-33-27-15-14-24(32)16-25(27)30(26)22-4-2-1-3-5-22/h1-16,28,33-34H,17-18H2. The van der Waals surface area contributed by atoms with Gasteiger partial charge in [0.15, 0.2) is 0 Å². The van der Waals surface area contributed by atoms with Gasteiger partial charge in [0.25, 0.3) is 0 Å². The lowest BCUT2D eigenvalue weighted by molar-refractivity contribution is 0.620. The van der Waals surface area contributed by atoms with Crippen LogP contribution in [-0.4, -0.2) is 12.3 Å². The quantitative estimate of drug-likeness (QED) is 0.274. The fraction of sp³-hybridized carbons (Fsp3) is 0.100. The molecule has 0 aromatic heterocycles. The summed E-state index contributed by atoms with van der Waals surface area (Å²) >= 11 is 9.92. The van der Waals surface area contributed by atoms with Crippen LogP contribution in [0.5, 0.6) is 0 Å². The average molecular weight is 541 g/mol. The van der Waals surface area contributed by atoms with E-state index in [0.717, 1.165) is 39.4 Å². The van der Waals surface area contributed by atoms with Crippen LogP contribution in [0, 0.1) is 0 Å². The van der Waals surface area contributed by atoms with E-state index in [0.29, 0.717) is 0 Å². The number of halogens is 2. The van der Waals surface area contributed by atoms with Crippen LogP contribution in [0.25, 0.3) is 16.7 Å². The minimum absolute atomic E-state index is 0.147. The van der Waals surface area contributed by atoms with E-state index < -0.39 is 0 Å². The van der Waals surface area contributed by atoms with Gasteiger partial charge in [0.2, 0.25) is 0 Å². The van der Waals surface area contributed by atoms with Gasteiger partial charge in [-0.3, -0.25) is 0 Å². The van der Waals surface area contributed by atoms with Gasteiger partial charge in [-0.15, -0.1) is 0 Å². The number of rotatable bonds is 4. The highest BCUT2D eigenvalue weighted by Crippen LogP contribution is 2.39. The smallest absolute Gasteiger partial charge is 0.0745 e. The summed E-state index contributed by atoms with van der Waals surface area (Å²) in [6.45, 7) is 0.731. The predicted molar refractivity (Wildman–Crippen MR) is 150 cm³/mol. The molecule has 2 N–H and O–H groups in total. The maximum atomic E-state index is 6.41. The van der Waals surface area contributed by atoms with Gasteiger partial charge in [-0.05, 0) is 58.2 Å². The van der Waals surface area contributed by atoms with Crippen LogP contribution in [0.4, 0.5) is 5.69 Å². The summed E-state index contributed by atoms with van der Waals surface area (Å²) in [6, 6.07) is 33.9. The molecule has 0 aliphatic carbocycles. The molecular formula is C30H23BrClN3. The number of nitrogens with zero attached hydrogens (tertiary/aromatic N) is 1. The van der Waals surface area contributed by atoms with Crippen molar-refractivity contribution in [1.29, 1.82) is 0 Å². The fourth-order valence-corrected chi connectivity index (χ4v) is 5.30. The first kappa shape index (κ1) is 22.1. The van der Waals surface area contributed by atoms with Gasteiger partial charge in [-0.25, -0.2) is 0 Å². The highest BCUT2D eigenvalue weighted by molar-refractivity contribution is 9.10. The largest absolute Gasteiger partial charge is 0.380 e. The van der Waals surface area contributed by atoms with E-state index in [2.05, 4.69) is 106 Å². The molecule has 4 aromatic carbocycles. The molecule has 0 saturated heterocycles. The van der Waals surface area contributed by atoms with Crippen molar-refractivity contribution in [2.75, 3.05) is 11.9 Å². The van der Waals surface area contributed by atoms with Crippen LogP contribution >= 0.6 is 27.5 Å². The van der Waals surface area contributed by atoms with Gasteiger partial charge in [-0.1, -0.05) is 94.3 Å². The summed E-state index contributed by atoms with van der Waals surface area (Å²) in [5.41, 5.74) is 13.9. The topological polar surface area (TPSA) is 36.4 Å². The lowest BCUT2D eigenvalue weighted by atomic mass is 9.85. The van der Waals surface area contributed by atoms with Crippen LogP contribution in [0.3, 0.4) is 0 Å². The summed E-state index contributed by atoms with van der Waals surface area (Å²) in [5, 5.41) is 9.11. The Morgan fingerprint density at radius 2 is 1.51 bits per heavy atom. The van der Waals surface area contributed by atoms with E-state index >= 15 is 0 Å². The number of anilines is 1. The maximum absolute atomic E-state index is 6.41. The molecule has 0 amide bonds. The molecule has 1 atom stereocenters. The third-order valence-corrected chi connectivity index (χ3v) is 7.43. The Morgan fingerprint density at radius 3 is 2.26 bits per heavy atom. The lowest BCUT2D eigenvalue weighted by Crippen LogP contribution is -2.20. The molecule has 3 nitrogen and oxygen atoms in total. The highest BCUT2D eigenvalue weighted by atomic mass is 79.9. The Balaban J connectivity index is 1.31. The van der Waals surface area contributed by atoms with E-state index in [4.69, 9.17) is 16.7 Å². The second-order valence-electron chi connectivity index (χ2n) is 8.84. The fourth-order valence-electron chi connectivity index (χ4n) is 4.87. The Bertz CT molecular complexity index is 1440. The van der Waals surface area contributed by atoms with Crippen LogP contribution < -0.4 is 10.7 Å². The number of nitrogens with one attached hydrogen (secondary N) is 2. The zero-order valence-corrected chi connectivity index (χ0v) is 21.3. The zero-order chi connectivity index (χ0) is 23.8. The van der Waals surface area contributed by atoms with Crippen LogP contribution in [0.1, 0.15) is 29.2 Å². The summed E-state index contributed by atoms with van der Waals surface area (Å²) in [5.74, 6) is 0. The number of hydrogen-bond acceptors (Lipinski definition) is 3. The molecule has 0 fully saturated rings. The van der Waals surface area contributed by atoms with Crippen molar-refractivity contribution in [1.82, 2.24) is 5.43 Å². The van der Waals surface area contributed by atoms with Crippen molar-refractivity contribution >= 4 is 44.5 Å². The first-order valence-corrected chi connectivity index (χ1v) is 12.8. The number of hydrazone groups is 1. The second kappa shape index (κ2) is 9.37. The summed E-state index contributed by atoms with van der Waals surface area (Å²) in [7, 11) is 0. The summed E-state index contributed by atoms with van der Waals surface area (Å²) in [6.07, 6.45) is 0.834. The van der Waals surface area contributed by atoms with E-state index in [1.54, 1.807) is 0 Å². The second-order valence-corrected chi connectivity index (χ2v) is 10.2. The summed E-state index contributed by atoms with van der Waals surface area (Å²) in [4.78, 5) is 0. The van der Waals surface area contributed by atoms with Crippen LogP contribution in [0.15, 0.2) is 112 Å². The van der Waals surface area contributed by atoms with Crippen LogP contribution in [-0.2, 0) is 0 Å². The van der Waals surface area contributed by atoms with Crippen molar-refractivity contribution in [3.63, 3.8) is 0 Å². The predicted octanol–water partition coefficient (Wildman–Crippen LogP) is 8.09. The van der Waals surface area contributed by atoms with Crippen molar-refractivity contribution in [3.8, 4) is 11.1 Å². The molecule has 0 spiro atoms. The SMILES string of the molecule is Clc1ccc2c(c1)C(c1ccccc1)=C(C1=NNC(c3ccc(-c4ccc(Br)cc4)cc3)C1)CN2. The van der Waals surface area contributed by atoms with Crippen molar-refractivity contribution in [3.05, 3.63) is 129 Å². The molecule has 1 unspecified atom stereocenters. The third-order valence-electron chi connectivity index (χ3n) is 6.66. The molecule has 0 bridgehead atoms. The number of hydrogen-bond donors (Lipinski definition) is 2. The molecule has 172 valence electrons. The van der Waals surface area contributed by atoms with E-state index in [1.807, 2.05) is 18.2 Å². The zero-order valence-electron chi connectivity index (χ0n) is 18.9. The molecule has 2 aliphatic heterocycles. The van der Waals surface area contributed by atoms with Crippen molar-refractivity contribution in [2.45, 2.75) is 12.5 Å². The molecule has 2 heterocycles. The molecule has 35 heavy (non-hydrogen) atoms. The minimum Gasteiger partial charge on any atom is -0.380 e. The Morgan fingerprint density at radius 1 is 0.800 bits per heavy atom. The Hall–Kier alpha value is -3.34. The minimum atomic E-state index is 0.147. The molecule has 0 radical (unpaired) electrons. The first-order chi connectivity index (χ1) is 17.2. The average Bonchev–Trinajstić information content (AvgIpc) is 3.39. The normalized spacial score (nSPS) is 16.9. The highest BCUT2D eigenvalue weighted by Gasteiger charge is 2.28. The monoisotopic (exact) mass is 539 g/mol. The van der Waals surface area contributed by atoms with Crippen molar-refractivity contribution in [2.24, 2.45) is 5.10 Å². The third kappa shape index (κ3) is 4.40. The van der Waals surface area contributed by atoms with E-state index in [-0.39, 0.29) is 6.04 Å². The molecule has 5 heteroatoms. The molecule has 4 aromatic rings. The molecular weight excluding hydrogens is 518 g/mol. The van der Waals surface area contributed by atoms with Gasteiger partial charge in [0.1, 0.15) is 0 Å². The van der Waals surface area contributed by atoms with Gasteiger partial charge in [0, 0.05) is 39.3 Å². The Kier molecular flexibility index (Phi) is 5.93. The van der Waals surface area contributed by atoms with Gasteiger partial charge < -0.3 is 10.7 Å². The van der Waals surface area contributed by atoms with Crippen LogP contribution in [0.2, 0.25) is 5.02 Å². The maximum Gasteiger partial charge on any atom is 0.0745 e. The van der Waals surface area contributed by atoms with E-state index in [1.165, 1.54) is 33.4 Å². The Labute approximate surface area is 218 Å². The first-order valence-electron chi connectivity index (χ1n) is 11.7.